The molecule has 5 nitrogen and oxygen atoms in total. The molecule has 0 radical (unpaired) electrons. The molecule has 1 aromatic heterocycles. The SMILES string of the molecule is CC(C)Oc1ccc(-c2cn(C3CNC3)nn2)cc1. The summed E-state index contributed by atoms with van der Waals surface area (Å²) in [5.41, 5.74) is 1.97. The first kappa shape index (κ1) is 12.2. The van der Waals surface area contributed by atoms with Gasteiger partial charge >= 0.3 is 0 Å². The number of aromatic nitrogens is 3. The van der Waals surface area contributed by atoms with E-state index in [9.17, 15) is 0 Å². The first-order valence-electron chi connectivity index (χ1n) is 6.62. The summed E-state index contributed by atoms with van der Waals surface area (Å²) < 4.78 is 7.56. The van der Waals surface area contributed by atoms with Crippen LogP contribution in [0.5, 0.6) is 5.75 Å². The molecule has 3 rings (SSSR count). The highest BCUT2D eigenvalue weighted by atomic mass is 16.5. The fourth-order valence-electron chi connectivity index (χ4n) is 2.02. The average molecular weight is 258 g/mol. The van der Waals surface area contributed by atoms with Gasteiger partial charge in [-0.05, 0) is 38.1 Å². The summed E-state index contributed by atoms with van der Waals surface area (Å²) in [6, 6.07) is 8.43. The second kappa shape index (κ2) is 5.01. The standard InChI is InChI=1S/C14H18N4O/c1-10(2)19-13-5-3-11(4-6-13)14-9-18(17-16-14)12-7-15-8-12/h3-6,9-10,12,15H,7-8H2,1-2H3. The molecule has 0 unspecified atom stereocenters. The molecule has 1 saturated heterocycles. The quantitative estimate of drug-likeness (QED) is 0.909. The summed E-state index contributed by atoms with van der Waals surface area (Å²) >= 11 is 0. The fraction of sp³-hybridized carbons (Fsp3) is 0.429. The maximum Gasteiger partial charge on any atom is 0.119 e. The molecule has 1 fully saturated rings. The highest BCUT2D eigenvalue weighted by Gasteiger charge is 2.20. The molecule has 0 saturated carbocycles. The molecule has 2 aromatic rings. The van der Waals surface area contributed by atoms with E-state index in [1.54, 1.807) is 0 Å². The maximum atomic E-state index is 5.63. The molecule has 5 heteroatoms. The minimum atomic E-state index is 0.192. The monoisotopic (exact) mass is 258 g/mol. The van der Waals surface area contributed by atoms with Crippen LogP contribution in [-0.2, 0) is 0 Å². The molecule has 1 aliphatic heterocycles. The van der Waals surface area contributed by atoms with E-state index in [1.165, 1.54) is 0 Å². The van der Waals surface area contributed by atoms with Crippen molar-refractivity contribution in [1.29, 1.82) is 0 Å². The average Bonchev–Trinajstić information content (AvgIpc) is 2.76. The van der Waals surface area contributed by atoms with E-state index in [4.69, 9.17) is 4.74 Å². The summed E-state index contributed by atoms with van der Waals surface area (Å²) in [6.45, 7) is 5.99. The van der Waals surface area contributed by atoms with Gasteiger partial charge in [-0.15, -0.1) is 5.10 Å². The Morgan fingerprint density at radius 1 is 1.26 bits per heavy atom. The van der Waals surface area contributed by atoms with E-state index in [-0.39, 0.29) is 6.10 Å². The van der Waals surface area contributed by atoms with Crippen LogP contribution in [0.25, 0.3) is 11.3 Å². The Morgan fingerprint density at radius 3 is 2.58 bits per heavy atom. The van der Waals surface area contributed by atoms with Gasteiger partial charge in [0.1, 0.15) is 11.4 Å². The smallest absolute Gasteiger partial charge is 0.119 e. The lowest BCUT2D eigenvalue weighted by molar-refractivity contribution is 0.242. The lowest BCUT2D eigenvalue weighted by atomic mass is 10.1. The third kappa shape index (κ3) is 2.61. The van der Waals surface area contributed by atoms with Gasteiger partial charge in [0.15, 0.2) is 0 Å². The Morgan fingerprint density at radius 2 is 2.00 bits per heavy atom. The molecular weight excluding hydrogens is 240 g/mol. The topological polar surface area (TPSA) is 52.0 Å². The van der Waals surface area contributed by atoms with Crippen LogP contribution in [0.4, 0.5) is 0 Å². The number of hydrogen-bond acceptors (Lipinski definition) is 4. The van der Waals surface area contributed by atoms with Crippen LogP contribution in [0.15, 0.2) is 30.5 Å². The molecule has 0 bridgehead atoms. The van der Waals surface area contributed by atoms with Crippen molar-refractivity contribution in [2.75, 3.05) is 13.1 Å². The summed E-state index contributed by atoms with van der Waals surface area (Å²) in [5, 5.41) is 11.6. The van der Waals surface area contributed by atoms with Gasteiger partial charge in [-0.25, -0.2) is 4.68 Å². The molecule has 1 aromatic carbocycles. The second-order valence-electron chi connectivity index (χ2n) is 5.09. The number of benzene rings is 1. The molecule has 0 aliphatic carbocycles. The van der Waals surface area contributed by atoms with Gasteiger partial charge < -0.3 is 10.1 Å². The molecule has 100 valence electrons. The number of hydrogen-bond donors (Lipinski definition) is 1. The van der Waals surface area contributed by atoms with Crippen LogP contribution in [0.1, 0.15) is 19.9 Å². The van der Waals surface area contributed by atoms with Gasteiger partial charge in [0.2, 0.25) is 0 Å². The summed E-state index contributed by atoms with van der Waals surface area (Å²) in [6.07, 6.45) is 2.20. The van der Waals surface area contributed by atoms with Crippen molar-refractivity contribution in [2.24, 2.45) is 0 Å². The van der Waals surface area contributed by atoms with Gasteiger partial charge in [0.25, 0.3) is 0 Å². The number of nitrogens with zero attached hydrogens (tertiary/aromatic N) is 3. The number of rotatable bonds is 4. The van der Waals surface area contributed by atoms with Crippen molar-refractivity contribution >= 4 is 0 Å². The number of ether oxygens (including phenoxy) is 1. The zero-order valence-corrected chi connectivity index (χ0v) is 11.2. The third-order valence-electron chi connectivity index (χ3n) is 3.17. The molecule has 0 atom stereocenters. The van der Waals surface area contributed by atoms with Crippen molar-refractivity contribution in [2.45, 2.75) is 26.0 Å². The molecule has 1 aliphatic rings. The molecule has 0 amide bonds. The normalized spacial score (nSPS) is 15.5. The Balaban J connectivity index is 1.75. The maximum absolute atomic E-state index is 5.63. The lowest BCUT2D eigenvalue weighted by Crippen LogP contribution is -2.43. The lowest BCUT2D eigenvalue weighted by Gasteiger charge is -2.26. The fourth-order valence-corrected chi connectivity index (χ4v) is 2.02. The molecule has 0 spiro atoms. The van der Waals surface area contributed by atoms with Gasteiger partial charge in [0.05, 0.1) is 18.3 Å². The van der Waals surface area contributed by atoms with Gasteiger partial charge in [-0.1, -0.05) is 5.21 Å². The van der Waals surface area contributed by atoms with E-state index >= 15 is 0 Å². The minimum Gasteiger partial charge on any atom is -0.491 e. The highest BCUT2D eigenvalue weighted by Crippen LogP contribution is 2.22. The van der Waals surface area contributed by atoms with Crippen molar-refractivity contribution in [1.82, 2.24) is 20.3 Å². The summed E-state index contributed by atoms with van der Waals surface area (Å²) in [5.74, 6) is 0.884. The van der Waals surface area contributed by atoms with E-state index < -0.39 is 0 Å². The first-order chi connectivity index (χ1) is 9.22. The molecule has 1 N–H and O–H groups in total. The van der Waals surface area contributed by atoms with E-state index in [1.807, 2.05) is 49.0 Å². The van der Waals surface area contributed by atoms with E-state index in [0.717, 1.165) is 30.1 Å². The van der Waals surface area contributed by atoms with Crippen LogP contribution >= 0.6 is 0 Å². The Hall–Kier alpha value is -1.88. The van der Waals surface area contributed by atoms with Crippen LogP contribution in [0, 0.1) is 0 Å². The Kier molecular flexibility index (Phi) is 3.21. The molecule has 2 heterocycles. The van der Waals surface area contributed by atoms with E-state index in [0.29, 0.717) is 6.04 Å². The summed E-state index contributed by atoms with van der Waals surface area (Å²) in [7, 11) is 0. The second-order valence-corrected chi connectivity index (χ2v) is 5.09. The Labute approximate surface area is 112 Å². The van der Waals surface area contributed by atoms with Crippen molar-refractivity contribution < 1.29 is 4.74 Å². The number of nitrogens with one attached hydrogen (secondary N) is 1. The predicted molar refractivity (Wildman–Crippen MR) is 73.1 cm³/mol. The largest absolute Gasteiger partial charge is 0.491 e. The van der Waals surface area contributed by atoms with Crippen molar-refractivity contribution in [3.05, 3.63) is 30.5 Å². The zero-order valence-electron chi connectivity index (χ0n) is 11.2. The Bertz CT molecular complexity index is 543. The predicted octanol–water partition coefficient (Wildman–Crippen LogP) is 1.88. The van der Waals surface area contributed by atoms with Crippen LogP contribution in [-0.4, -0.2) is 34.2 Å². The molecular formula is C14H18N4O. The summed E-state index contributed by atoms with van der Waals surface area (Å²) in [4.78, 5) is 0. The van der Waals surface area contributed by atoms with Crippen molar-refractivity contribution in [3.63, 3.8) is 0 Å². The zero-order chi connectivity index (χ0) is 13.2. The van der Waals surface area contributed by atoms with Gasteiger partial charge in [-0.2, -0.15) is 0 Å². The van der Waals surface area contributed by atoms with Crippen LogP contribution in [0.3, 0.4) is 0 Å². The van der Waals surface area contributed by atoms with Gasteiger partial charge in [-0.3, -0.25) is 0 Å². The molecule has 19 heavy (non-hydrogen) atoms. The van der Waals surface area contributed by atoms with E-state index in [2.05, 4.69) is 15.6 Å². The van der Waals surface area contributed by atoms with Crippen LogP contribution < -0.4 is 10.1 Å². The van der Waals surface area contributed by atoms with Crippen LogP contribution in [0.2, 0.25) is 0 Å². The minimum absolute atomic E-state index is 0.192. The highest BCUT2D eigenvalue weighted by molar-refractivity contribution is 5.58. The van der Waals surface area contributed by atoms with Crippen molar-refractivity contribution in [3.8, 4) is 17.0 Å². The van der Waals surface area contributed by atoms with Gasteiger partial charge in [0, 0.05) is 18.7 Å². The third-order valence-corrected chi connectivity index (χ3v) is 3.17. The first-order valence-corrected chi connectivity index (χ1v) is 6.62.